The molecule has 0 N–H and O–H groups in total. The smallest absolute Gasteiger partial charge is 0.287 e. The Bertz CT molecular complexity index is 1480. The van der Waals surface area contributed by atoms with Crippen LogP contribution < -0.4 is 11.2 Å². The van der Waals surface area contributed by atoms with Crippen molar-refractivity contribution in [3.8, 4) is 0 Å². The number of hydrogen-bond donors (Lipinski definition) is 0. The highest BCUT2D eigenvalue weighted by Gasteiger charge is 2.15. The average Bonchev–Trinajstić information content (AvgIpc) is 2.80. The molecule has 0 amide bonds. The van der Waals surface area contributed by atoms with Gasteiger partial charge in [-0.1, -0.05) is 42.5 Å². The molecule has 146 valence electrons. The van der Waals surface area contributed by atoms with Gasteiger partial charge in [0.1, 0.15) is 0 Å². The van der Waals surface area contributed by atoms with Gasteiger partial charge in [0.2, 0.25) is 0 Å². The first-order valence-electron chi connectivity index (χ1n) is 9.66. The number of fused-ring (bicyclic) bond motifs is 2. The first-order chi connectivity index (χ1) is 14.7. The molecule has 2 aromatic carbocycles. The Morgan fingerprint density at radius 2 is 1.53 bits per heavy atom. The van der Waals surface area contributed by atoms with Crippen LogP contribution in [0.25, 0.3) is 21.8 Å². The summed E-state index contributed by atoms with van der Waals surface area (Å²) in [6, 6.07) is 21.2. The normalized spacial score (nSPS) is 11.2. The first kappa shape index (κ1) is 18.0. The monoisotopic (exact) mass is 394 g/mol. The first-order valence-corrected chi connectivity index (χ1v) is 9.66. The van der Waals surface area contributed by atoms with E-state index in [1.807, 2.05) is 42.5 Å². The number of benzene rings is 2. The van der Waals surface area contributed by atoms with Crippen LogP contribution in [-0.2, 0) is 13.1 Å². The maximum Gasteiger partial charge on any atom is 0.332 e. The lowest BCUT2D eigenvalue weighted by molar-refractivity contribution is 0.634. The van der Waals surface area contributed by atoms with E-state index in [1.54, 1.807) is 47.4 Å². The van der Waals surface area contributed by atoms with Gasteiger partial charge in [-0.15, -0.1) is 0 Å². The number of rotatable bonds is 4. The van der Waals surface area contributed by atoms with Crippen molar-refractivity contribution in [2.45, 2.75) is 13.1 Å². The zero-order valence-electron chi connectivity index (χ0n) is 16.1. The topological polar surface area (TPSA) is 69.8 Å². The van der Waals surface area contributed by atoms with Gasteiger partial charge < -0.3 is 0 Å². The second kappa shape index (κ2) is 7.40. The zero-order chi connectivity index (χ0) is 20.5. The third-order valence-electron chi connectivity index (χ3n) is 5.29. The Morgan fingerprint density at radius 3 is 2.40 bits per heavy atom. The van der Waals surface area contributed by atoms with Gasteiger partial charge in [-0.3, -0.25) is 18.9 Å². The van der Waals surface area contributed by atoms with Crippen LogP contribution in [0.15, 0.2) is 94.9 Å². The van der Waals surface area contributed by atoms with E-state index in [-0.39, 0.29) is 23.3 Å². The third kappa shape index (κ3) is 3.08. The van der Waals surface area contributed by atoms with Gasteiger partial charge >= 0.3 is 5.69 Å². The van der Waals surface area contributed by atoms with Gasteiger partial charge in [-0.25, -0.2) is 9.78 Å². The predicted molar refractivity (Wildman–Crippen MR) is 117 cm³/mol. The SMILES string of the molecule is O=c1c2ncccc2n(Cc2cccc3ccccc23)c(=O)n1Cc1ccncc1. The fourth-order valence-electron chi connectivity index (χ4n) is 3.81. The Hall–Kier alpha value is -4.06. The molecule has 0 fully saturated rings. The van der Waals surface area contributed by atoms with Crippen LogP contribution in [0.4, 0.5) is 0 Å². The summed E-state index contributed by atoms with van der Waals surface area (Å²) in [5.41, 5.74) is 1.91. The minimum absolute atomic E-state index is 0.169. The number of nitrogens with zero attached hydrogens (tertiary/aromatic N) is 4. The summed E-state index contributed by atoms with van der Waals surface area (Å²) >= 11 is 0. The molecule has 0 aliphatic rings. The summed E-state index contributed by atoms with van der Waals surface area (Å²) in [6.07, 6.45) is 4.87. The molecule has 3 heterocycles. The van der Waals surface area contributed by atoms with Crippen molar-refractivity contribution in [1.82, 2.24) is 19.1 Å². The van der Waals surface area contributed by atoms with Crippen molar-refractivity contribution < 1.29 is 0 Å². The molecule has 0 aliphatic carbocycles. The van der Waals surface area contributed by atoms with Crippen molar-refractivity contribution in [1.29, 1.82) is 0 Å². The Morgan fingerprint density at radius 1 is 0.733 bits per heavy atom. The molecule has 0 saturated carbocycles. The molecular weight excluding hydrogens is 376 g/mol. The minimum atomic E-state index is -0.387. The molecule has 3 aromatic heterocycles. The van der Waals surface area contributed by atoms with E-state index < -0.39 is 0 Å². The van der Waals surface area contributed by atoms with E-state index in [1.165, 1.54) is 4.57 Å². The Kier molecular flexibility index (Phi) is 4.44. The lowest BCUT2D eigenvalue weighted by atomic mass is 10.0. The minimum Gasteiger partial charge on any atom is -0.287 e. The largest absolute Gasteiger partial charge is 0.332 e. The zero-order valence-corrected chi connectivity index (χ0v) is 16.1. The highest BCUT2D eigenvalue weighted by Crippen LogP contribution is 2.20. The number of aromatic nitrogens is 4. The quantitative estimate of drug-likeness (QED) is 0.469. The predicted octanol–water partition coefficient (Wildman–Crippen LogP) is 3.20. The summed E-state index contributed by atoms with van der Waals surface area (Å²) in [5.74, 6) is 0. The van der Waals surface area contributed by atoms with Crippen LogP contribution >= 0.6 is 0 Å². The summed E-state index contributed by atoms with van der Waals surface area (Å²) in [4.78, 5) is 34.8. The Labute approximate surface area is 171 Å². The van der Waals surface area contributed by atoms with Gasteiger partial charge in [-0.05, 0) is 46.2 Å². The maximum atomic E-state index is 13.4. The molecule has 5 rings (SSSR count). The second-order valence-electron chi connectivity index (χ2n) is 7.12. The van der Waals surface area contributed by atoms with E-state index >= 15 is 0 Å². The number of hydrogen-bond acceptors (Lipinski definition) is 4. The van der Waals surface area contributed by atoms with E-state index in [0.29, 0.717) is 12.1 Å². The highest BCUT2D eigenvalue weighted by atomic mass is 16.2. The van der Waals surface area contributed by atoms with Crippen molar-refractivity contribution in [3.63, 3.8) is 0 Å². The van der Waals surface area contributed by atoms with E-state index in [4.69, 9.17) is 0 Å². The molecule has 0 aliphatic heterocycles. The van der Waals surface area contributed by atoms with E-state index in [9.17, 15) is 9.59 Å². The van der Waals surface area contributed by atoms with Crippen LogP contribution in [-0.4, -0.2) is 19.1 Å². The van der Waals surface area contributed by atoms with Crippen molar-refractivity contribution in [3.05, 3.63) is 117 Å². The molecule has 0 unspecified atom stereocenters. The molecule has 6 nitrogen and oxygen atoms in total. The maximum absolute atomic E-state index is 13.4. The lowest BCUT2D eigenvalue weighted by Gasteiger charge is -2.15. The molecule has 0 saturated heterocycles. The Balaban J connectivity index is 1.73. The van der Waals surface area contributed by atoms with E-state index in [0.717, 1.165) is 21.9 Å². The molecule has 5 aromatic rings. The van der Waals surface area contributed by atoms with Crippen LogP contribution in [0, 0.1) is 0 Å². The molecule has 0 atom stereocenters. The summed E-state index contributed by atoms with van der Waals surface area (Å²) in [5, 5.41) is 2.19. The van der Waals surface area contributed by atoms with Crippen LogP contribution in [0.2, 0.25) is 0 Å². The molecule has 0 bridgehead atoms. The highest BCUT2D eigenvalue weighted by molar-refractivity contribution is 5.85. The van der Waals surface area contributed by atoms with Gasteiger partial charge in [0.05, 0.1) is 18.6 Å². The van der Waals surface area contributed by atoms with Crippen LogP contribution in [0.1, 0.15) is 11.1 Å². The van der Waals surface area contributed by atoms with Crippen molar-refractivity contribution >= 4 is 21.8 Å². The van der Waals surface area contributed by atoms with Gasteiger partial charge in [0.15, 0.2) is 5.52 Å². The fraction of sp³-hybridized carbons (Fsp3) is 0.0833. The summed E-state index contributed by atoms with van der Waals surface area (Å²) < 4.78 is 2.88. The van der Waals surface area contributed by atoms with Crippen molar-refractivity contribution in [2.24, 2.45) is 0 Å². The van der Waals surface area contributed by atoms with Crippen LogP contribution in [0.5, 0.6) is 0 Å². The fourth-order valence-corrected chi connectivity index (χ4v) is 3.81. The van der Waals surface area contributed by atoms with Crippen LogP contribution in [0.3, 0.4) is 0 Å². The summed E-state index contributed by atoms with van der Waals surface area (Å²) in [6.45, 7) is 0.515. The molecule has 6 heteroatoms. The molecule has 0 spiro atoms. The van der Waals surface area contributed by atoms with E-state index in [2.05, 4.69) is 9.97 Å². The van der Waals surface area contributed by atoms with Gasteiger partial charge in [0, 0.05) is 18.6 Å². The summed E-state index contributed by atoms with van der Waals surface area (Å²) in [7, 11) is 0. The third-order valence-corrected chi connectivity index (χ3v) is 5.29. The second-order valence-corrected chi connectivity index (χ2v) is 7.12. The van der Waals surface area contributed by atoms with Gasteiger partial charge in [0.25, 0.3) is 5.56 Å². The van der Waals surface area contributed by atoms with Gasteiger partial charge in [-0.2, -0.15) is 0 Å². The lowest BCUT2D eigenvalue weighted by Crippen LogP contribution is -2.40. The molecule has 0 radical (unpaired) electrons. The standard InChI is InChI=1S/C24H18N4O2/c29-23-22-21(9-4-12-26-22)27(24(30)28(23)15-17-10-13-25-14-11-17)16-19-7-3-6-18-5-1-2-8-20(18)19/h1-14H,15-16H2. The molecular formula is C24H18N4O2. The molecule has 30 heavy (non-hydrogen) atoms. The average molecular weight is 394 g/mol. The number of pyridine rings is 2. The van der Waals surface area contributed by atoms with Crippen molar-refractivity contribution in [2.75, 3.05) is 0 Å².